The van der Waals surface area contributed by atoms with E-state index in [1.54, 1.807) is 0 Å². The molecule has 0 atom stereocenters. The monoisotopic (exact) mass is 137 g/mol. The van der Waals surface area contributed by atoms with E-state index < -0.39 is 0 Å². The SMILES string of the molecule is C=C1CNCC2(CCC2)C1. The van der Waals surface area contributed by atoms with Crippen molar-refractivity contribution in [2.75, 3.05) is 13.1 Å². The third-order valence-corrected chi connectivity index (χ3v) is 2.91. The molecule has 0 radical (unpaired) electrons. The largest absolute Gasteiger partial charge is 0.312 e. The summed E-state index contributed by atoms with van der Waals surface area (Å²) in [6, 6.07) is 0. The maximum absolute atomic E-state index is 4.03. The minimum absolute atomic E-state index is 0.662. The van der Waals surface area contributed by atoms with Crippen LogP contribution in [-0.4, -0.2) is 13.1 Å². The third kappa shape index (κ3) is 0.891. The summed E-state index contributed by atoms with van der Waals surface area (Å²) >= 11 is 0. The Kier molecular flexibility index (Phi) is 1.34. The van der Waals surface area contributed by atoms with Gasteiger partial charge >= 0.3 is 0 Å². The molecule has 0 amide bonds. The van der Waals surface area contributed by atoms with Crippen molar-refractivity contribution in [1.82, 2.24) is 5.32 Å². The number of nitrogens with one attached hydrogen (secondary N) is 1. The molecule has 0 unspecified atom stereocenters. The molecule has 0 bridgehead atoms. The van der Waals surface area contributed by atoms with E-state index in [2.05, 4.69) is 11.9 Å². The summed E-state index contributed by atoms with van der Waals surface area (Å²) in [6.45, 7) is 6.33. The van der Waals surface area contributed by atoms with Crippen LogP contribution in [-0.2, 0) is 0 Å². The highest BCUT2D eigenvalue weighted by molar-refractivity contribution is 5.09. The van der Waals surface area contributed by atoms with Crippen molar-refractivity contribution in [2.45, 2.75) is 25.7 Å². The molecule has 10 heavy (non-hydrogen) atoms. The Morgan fingerprint density at radius 2 is 2.20 bits per heavy atom. The van der Waals surface area contributed by atoms with Crippen LogP contribution in [0.2, 0.25) is 0 Å². The van der Waals surface area contributed by atoms with Gasteiger partial charge in [0, 0.05) is 13.1 Å². The molecule has 2 rings (SSSR count). The number of hydrogen-bond donors (Lipinski definition) is 1. The molecule has 1 saturated heterocycles. The molecule has 1 saturated carbocycles. The van der Waals surface area contributed by atoms with Crippen molar-refractivity contribution in [3.63, 3.8) is 0 Å². The summed E-state index contributed by atoms with van der Waals surface area (Å²) in [5, 5.41) is 3.43. The van der Waals surface area contributed by atoms with Gasteiger partial charge < -0.3 is 5.32 Å². The van der Waals surface area contributed by atoms with Crippen molar-refractivity contribution in [3.8, 4) is 0 Å². The lowest BCUT2D eigenvalue weighted by molar-refractivity contribution is 0.117. The average molecular weight is 137 g/mol. The predicted octanol–water partition coefficient (Wildman–Crippen LogP) is 1.71. The van der Waals surface area contributed by atoms with Gasteiger partial charge in [-0.2, -0.15) is 0 Å². The van der Waals surface area contributed by atoms with Crippen LogP contribution in [0, 0.1) is 5.41 Å². The second-order valence-electron chi connectivity index (χ2n) is 3.88. The summed E-state index contributed by atoms with van der Waals surface area (Å²) in [6.07, 6.45) is 5.59. The molecule has 1 heteroatoms. The average Bonchev–Trinajstić information content (AvgIpc) is 1.85. The van der Waals surface area contributed by atoms with Crippen molar-refractivity contribution >= 4 is 0 Å². The fourth-order valence-corrected chi connectivity index (χ4v) is 2.19. The molecule has 1 aliphatic heterocycles. The van der Waals surface area contributed by atoms with E-state index in [0.717, 1.165) is 6.54 Å². The molecule has 56 valence electrons. The Hall–Kier alpha value is -0.300. The maximum Gasteiger partial charge on any atom is 0.0162 e. The van der Waals surface area contributed by atoms with E-state index in [9.17, 15) is 0 Å². The zero-order valence-electron chi connectivity index (χ0n) is 6.45. The highest BCUT2D eigenvalue weighted by Crippen LogP contribution is 2.46. The molecular weight excluding hydrogens is 122 g/mol. The fraction of sp³-hybridized carbons (Fsp3) is 0.778. The minimum Gasteiger partial charge on any atom is -0.312 e. The van der Waals surface area contributed by atoms with Gasteiger partial charge in [0.1, 0.15) is 0 Å². The van der Waals surface area contributed by atoms with Crippen LogP contribution in [0.25, 0.3) is 0 Å². The summed E-state index contributed by atoms with van der Waals surface area (Å²) in [7, 11) is 0. The lowest BCUT2D eigenvalue weighted by atomic mass is 9.64. The van der Waals surface area contributed by atoms with Crippen molar-refractivity contribution in [2.24, 2.45) is 5.41 Å². The maximum atomic E-state index is 4.03. The van der Waals surface area contributed by atoms with Crippen LogP contribution in [0.4, 0.5) is 0 Å². The van der Waals surface area contributed by atoms with E-state index in [1.165, 1.54) is 37.8 Å². The molecule has 1 heterocycles. The van der Waals surface area contributed by atoms with Crippen LogP contribution in [0.15, 0.2) is 12.2 Å². The van der Waals surface area contributed by atoms with Crippen LogP contribution in [0.5, 0.6) is 0 Å². The Labute approximate surface area is 62.5 Å². The van der Waals surface area contributed by atoms with Gasteiger partial charge in [-0.05, 0) is 24.7 Å². The zero-order chi connectivity index (χ0) is 7.03. The van der Waals surface area contributed by atoms with Crippen molar-refractivity contribution in [3.05, 3.63) is 12.2 Å². The van der Waals surface area contributed by atoms with Gasteiger partial charge in [-0.3, -0.25) is 0 Å². The van der Waals surface area contributed by atoms with E-state index in [4.69, 9.17) is 0 Å². The Bertz CT molecular complexity index is 156. The van der Waals surface area contributed by atoms with Gasteiger partial charge in [0.05, 0.1) is 0 Å². The van der Waals surface area contributed by atoms with E-state index >= 15 is 0 Å². The van der Waals surface area contributed by atoms with Crippen LogP contribution < -0.4 is 5.32 Å². The van der Waals surface area contributed by atoms with E-state index in [0.29, 0.717) is 5.41 Å². The molecule has 1 spiro atoms. The molecule has 2 aliphatic rings. The van der Waals surface area contributed by atoms with Gasteiger partial charge in [0.15, 0.2) is 0 Å². The lowest BCUT2D eigenvalue weighted by Crippen LogP contribution is -2.45. The molecular formula is C9H15N. The fourth-order valence-electron chi connectivity index (χ4n) is 2.19. The van der Waals surface area contributed by atoms with Crippen LogP contribution >= 0.6 is 0 Å². The summed E-state index contributed by atoms with van der Waals surface area (Å²) in [5.41, 5.74) is 2.07. The first-order chi connectivity index (χ1) is 4.81. The topological polar surface area (TPSA) is 12.0 Å². The van der Waals surface area contributed by atoms with E-state index in [1.807, 2.05) is 0 Å². The van der Waals surface area contributed by atoms with Gasteiger partial charge in [0.25, 0.3) is 0 Å². The molecule has 1 N–H and O–H groups in total. The predicted molar refractivity (Wildman–Crippen MR) is 42.9 cm³/mol. The molecule has 0 aromatic rings. The Morgan fingerprint density at radius 1 is 1.40 bits per heavy atom. The van der Waals surface area contributed by atoms with Crippen molar-refractivity contribution < 1.29 is 0 Å². The molecule has 2 fully saturated rings. The highest BCUT2D eigenvalue weighted by atomic mass is 14.9. The molecule has 1 aliphatic carbocycles. The number of rotatable bonds is 0. The standard InChI is InChI=1S/C9H15N/c1-8-5-9(3-2-4-9)7-10-6-8/h10H,1-7H2. The summed E-state index contributed by atoms with van der Waals surface area (Å²) in [5.74, 6) is 0. The highest BCUT2D eigenvalue weighted by Gasteiger charge is 2.38. The van der Waals surface area contributed by atoms with Crippen LogP contribution in [0.1, 0.15) is 25.7 Å². The van der Waals surface area contributed by atoms with Crippen molar-refractivity contribution in [1.29, 1.82) is 0 Å². The van der Waals surface area contributed by atoms with E-state index in [-0.39, 0.29) is 0 Å². The first-order valence-electron chi connectivity index (χ1n) is 4.18. The summed E-state index contributed by atoms with van der Waals surface area (Å²) in [4.78, 5) is 0. The normalized spacial score (nSPS) is 30.2. The van der Waals surface area contributed by atoms with Gasteiger partial charge in [-0.25, -0.2) is 0 Å². The number of piperidine rings is 1. The number of hydrogen-bond acceptors (Lipinski definition) is 1. The molecule has 1 nitrogen and oxygen atoms in total. The third-order valence-electron chi connectivity index (χ3n) is 2.91. The quantitative estimate of drug-likeness (QED) is 0.501. The smallest absolute Gasteiger partial charge is 0.0162 e. The minimum atomic E-state index is 0.662. The second kappa shape index (κ2) is 2.09. The molecule has 0 aromatic heterocycles. The Balaban J connectivity index is 2.02. The Morgan fingerprint density at radius 3 is 2.60 bits per heavy atom. The zero-order valence-corrected chi connectivity index (χ0v) is 6.45. The summed E-state index contributed by atoms with van der Waals surface area (Å²) < 4.78 is 0. The second-order valence-corrected chi connectivity index (χ2v) is 3.88. The molecule has 0 aromatic carbocycles. The first-order valence-corrected chi connectivity index (χ1v) is 4.18. The van der Waals surface area contributed by atoms with Crippen LogP contribution in [0.3, 0.4) is 0 Å². The van der Waals surface area contributed by atoms with Gasteiger partial charge in [0.2, 0.25) is 0 Å². The first kappa shape index (κ1) is 6.41. The van der Waals surface area contributed by atoms with Gasteiger partial charge in [-0.1, -0.05) is 18.6 Å². The lowest BCUT2D eigenvalue weighted by Gasteiger charge is -2.45. The van der Waals surface area contributed by atoms with Gasteiger partial charge in [-0.15, -0.1) is 0 Å².